The summed E-state index contributed by atoms with van der Waals surface area (Å²) in [5.74, 6) is -0.353. The van der Waals surface area contributed by atoms with Crippen molar-refractivity contribution in [3.63, 3.8) is 0 Å². The van der Waals surface area contributed by atoms with Gasteiger partial charge in [-0.25, -0.2) is 0 Å². The lowest BCUT2D eigenvalue weighted by Gasteiger charge is -2.15. The zero-order valence-corrected chi connectivity index (χ0v) is 11.1. The van der Waals surface area contributed by atoms with Crippen molar-refractivity contribution < 1.29 is 9.53 Å². The number of esters is 1. The fourth-order valence-electron chi connectivity index (χ4n) is 2.20. The maximum atomic E-state index is 11.9. The second-order valence-electron chi connectivity index (χ2n) is 4.51. The first-order valence-corrected chi connectivity index (χ1v) is 6.48. The van der Waals surface area contributed by atoms with Crippen LogP contribution < -0.4 is 0 Å². The van der Waals surface area contributed by atoms with E-state index < -0.39 is 0 Å². The lowest BCUT2D eigenvalue weighted by atomic mass is 9.92. The first-order chi connectivity index (χ1) is 9.31. The van der Waals surface area contributed by atoms with E-state index in [1.807, 2.05) is 48.5 Å². The molecule has 0 amide bonds. The van der Waals surface area contributed by atoms with Crippen molar-refractivity contribution in [1.29, 1.82) is 0 Å². The number of hydrogen-bond donors (Lipinski definition) is 0. The molecule has 1 unspecified atom stereocenters. The monoisotopic (exact) mass is 254 g/mol. The molecule has 2 aromatic carbocycles. The van der Waals surface area contributed by atoms with E-state index >= 15 is 0 Å². The van der Waals surface area contributed by atoms with Gasteiger partial charge < -0.3 is 4.74 Å². The fraction of sp³-hybridized carbons (Fsp3) is 0.235. The molecule has 2 heteroatoms. The van der Waals surface area contributed by atoms with Crippen molar-refractivity contribution in [2.45, 2.75) is 18.8 Å². The highest BCUT2D eigenvalue weighted by Gasteiger charge is 2.20. The molecule has 0 spiro atoms. The van der Waals surface area contributed by atoms with Crippen molar-refractivity contribution in [2.75, 3.05) is 7.11 Å². The van der Waals surface area contributed by atoms with Gasteiger partial charge >= 0.3 is 5.97 Å². The number of methoxy groups -OCH3 is 1. The molecule has 0 radical (unpaired) electrons. The van der Waals surface area contributed by atoms with E-state index in [0.717, 1.165) is 18.4 Å². The minimum atomic E-state index is -0.189. The quantitative estimate of drug-likeness (QED) is 0.762. The smallest absolute Gasteiger partial charge is 0.313 e. The van der Waals surface area contributed by atoms with Crippen molar-refractivity contribution in [1.82, 2.24) is 0 Å². The Balaban J connectivity index is 2.09. The molecular formula is C17H18O2. The largest absolute Gasteiger partial charge is 0.469 e. The lowest BCUT2D eigenvalue weighted by Crippen LogP contribution is -2.15. The van der Waals surface area contributed by atoms with Gasteiger partial charge in [-0.05, 0) is 24.0 Å². The maximum absolute atomic E-state index is 11.9. The molecule has 0 aliphatic rings. The highest BCUT2D eigenvalue weighted by molar-refractivity contribution is 5.78. The van der Waals surface area contributed by atoms with E-state index in [1.165, 1.54) is 12.7 Å². The molecule has 2 rings (SSSR count). The molecule has 0 saturated carbocycles. The minimum Gasteiger partial charge on any atom is -0.469 e. The van der Waals surface area contributed by atoms with Gasteiger partial charge in [0.05, 0.1) is 13.0 Å². The summed E-state index contributed by atoms with van der Waals surface area (Å²) in [7, 11) is 1.45. The Kier molecular flexibility index (Phi) is 4.73. The minimum absolute atomic E-state index is 0.165. The summed E-state index contributed by atoms with van der Waals surface area (Å²) in [5.41, 5.74) is 2.26. The van der Waals surface area contributed by atoms with E-state index in [-0.39, 0.29) is 11.9 Å². The first kappa shape index (κ1) is 13.3. The SMILES string of the molecule is COC(=O)C(CCc1ccccc1)c1ccccc1. The van der Waals surface area contributed by atoms with E-state index in [1.54, 1.807) is 0 Å². The van der Waals surface area contributed by atoms with Gasteiger partial charge in [0.1, 0.15) is 0 Å². The fourth-order valence-corrected chi connectivity index (χ4v) is 2.20. The number of benzene rings is 2. The van der Waals surface area contributed by atoms with Crippen LogP contribution in [0.5, 0.6) is 0 Å². The third-order valence-electron chi connectivity index (χ3n) is 3.25. The van der Waals surface area contributed by atoms with Gasteiger partial charge in [0, 0.05) is 0 Å². The average Bonchev–Trinajstić information content (AvgIpc) is 2.49. The Morgan fingerprint density at radius 2 is 1.58 bits per heavy atom. The van der Waals surface area contributed by atoms with Gasteiger partial charge in [-0.15, -0.1) is 0 Å². The third-order valence-corrected chi connectivity index (χ3v) is 3.25. The first-order valence-electron chi connectivity index (χ1n) is 6.48. The van der Waals surface area contributed by atoms with Gasteiger partial charge in [-0.3, -0.25) is 4.79 Å². The maximum Gasteiger partial charge on any atom is 0.313 e. The van der Waals surface area contributed by atoms with Crippen molar-refractivity contribution in [2.24, 2.45) is 0 Å². The third kappa shape index (κ3) is 3.68. The van der Waals surface area contributed by atoms with Crippen LogP contribution in [0.4, 0.5) is 0 Å². The number of carbonyl (C=O) groups excluding carboxylic acids is 1. The van der Waals surface area contributed by atoms with Crippen LogP contribution in [0.25, 0.3) is 0 Å². The van der Waals surface area contributed by atoms with E-state index in [2.05, 4.69) is 12.1 Å². The zero-order valence-electron chi connectivity index (χ0n) is 11.1. The van der Waals surface area contributed by atoms with Crippen LogP contribution in [0, 0.1) is 0 Å². The summed E-state index contributed by atoms with van der Waals surface area (Å²) in [6, 6.07) is 20.0. The number of hydrogen-bond acceptors (Lipinski definition) is 2. The topological polar surface area (TPSA) is 26.3 Å². The van der Waals surface area contributed by atoms with Crippen LogP contribution in [-0.4, -0.2) is 13.1 Å². The Morgan fingerprint density at radius 3 is 2.16 bits per heavy atom. The lowest BCUT2D eigenvalue weighted by molar-refractivity contribution is -0.142. The molecule has 0 fully saturated rings. The van der Waals surface area contributed by atoms with Crippen LogP contribution in [0.3, 0.4) is 0 Å². The normalized spacial score (nSPS) is 11.8. The van der Waals surface area contributed by atoms with Crippen LogP contribution in [0.15, 0.2) is 60.7 Å². The Labute approximate surface area is 114 Å². The Bertz CT molecular complexity index is 505. The Morgan fingerprint density at radius 1 is 1.00 bits per heavy atom. The molecule has 0 bridgehead atoms. The van der Waals surface area contributed by atoms with E-state index in [0.29, 0.717) is 0 Å². The van der Waals surface area contributed by atoms with Gasteiger partial charge in [0.2, 0.25) is 0 Å². The number of carbonyl (C=O) groups is 1. The molecule has 2 nitrogen and oxygen atoms in total. The van der Waals surface area contributed by atoms with E-state index in [9.17, 15) is 4.79 Å². The summed E-state index contributed by atoms with van der Waals surface area (Å²) < 4.78 is 4.92. The van der Waals surface area contributed by atoms with Crippen LogP contribution in [0.2, 0.25) is 0 Å². The summed E-state index contributed by atoms with van der Waals surface area (Å²) in [6.45, 7) is 0. The molecule has 1 atom stereocenters. The predicted octanol–water partition coefficient (Wildman–Crippen LogP) is 3.58. The molecule has 19 heavy (non-hydrogen) atoms. The molecule has 0 aliphatic carbocycles. The highest BCUT2D eigenvalue weighted by atomic mass is 16.5. The van der Waals surface area contributed by atoms with Gasteiger partial charge in [-0.2, -0.15) is 0 Å². The molecule has 0 saturated heterocycles. The molecule has 0 heterocycles. The standard InChI is InChI=1S/C17H18O2/c1-19-17(18)16(15-10-6-3-7-11-15)13-12-14-8-4-2-5-9-14/h2-11,16H,12-13H2,1H3. The number of ether oxygens (including phenoxy) is 1. The van der Waals surface area contributed by atoms with Gasteiger partial charge in [-0.1, -0.05) is 60.7 Å². The van der Waals surface area contributed by atoms with Crippen LogP contribution >= 0.6 is 0 Å². The summed E-state index contributed by atoms with van der Waals surface area (Å²) >= 11 is 0. The molecule has 0 aromatic heterocycles. The number of aryl methyl sites for hydroxylation is 1. The van der Waals surface area contributed by atoms with Crippen molar-refractivity contribution in [3.8, 4) is 0 Å². The van der Waals surface area contributed by atoms with E-state index in [4.69, 9.17) is 4.74 Å². The molecular weight excluding hydrogens is 236 g/mol. The van der Waals surface area contributed by atoms with Crippen molar-refractivity contribution >= 4 is 5.97 Å². The van der Waals surface area contributed by atoms with Gasteiger partial charge in [0.25, 0.3) is 0 Å². The molecule has 98 valence electrons. The summed E-state index contributed by atoms with van der Waals surface area (Å²) in [5, 5.41) is 0. The zero-order chi connectivity index (χ0) is 13.5. The highest BCUT2D eigenvalue weighted by Crippen LogP contribution is 2.23. The summed E-state index contributed by atoms with van der Waals surface area (Å²) in [6.07, 6.45) is 1.64. The Hall–Kier alpha value is -2.09. The molecule has 0 N–H and O–H groups in total. The predicted molar refractivity (Wildman–Crippen MR) is 76.0 cm³/mol. The van der Waals surface area contributed by atoms with Gasteiger partial charge in [0.15, 0.2) is 0 Å². The molecule has 0 aliphatic heterocycles. The average molecular weight is 254 g/mol. The van der Waals surface area contributed by atoms with Crippen molar-refractivity contribution in [3.05, 3.63) is 71.8 Å². The second kappa shape index (κ2) is 6.74. The second-order valence-corrected chi connectivity index (χ2v) is 4.51. The molecule has 2 aromatic rings. The number of rotatable bonds is 5. The van der Waals surface area contributed by atoms with Crippen LogP contribution in [-0.2, 0) is 16.0 Å². The van der Waals surface area contributed by atoms with Crippen LogP contribution in [0.1, 0.15) is 23.5 Å². The summed E-state index contributed by atoms with van der Waals surface area (Å²) in [4.78, 5) is 11.9.